The Kier molecular flexibility index (Phi) is 3.90. The summed E-state index contributed by atoms with van der Waals surface area (Å²) in [5.41, 5.74) is 3.27. The molecule has 8 heteroatoms. The number of hydrogen-bond acceptors (Lipinski definition) is 6. The zero-order chi connectivity index (χ0) is 18.1. The lowest BCUT2D eigenvalue weighted by Crippen LogP contribution is -2.14. The van der Waals surface area contributed by atoms with E-state index >= 15 is 0 Å². The number of pyridine rings is 2. The monoisotopic (exact) mass is 363 g/mol. The average Bonchev–Trinajstić information content (AvgIpc) is 2.67. The number of benzene rings is 1. The Morgan fingerprint density at radius 3 is 2.38 bits per heavy atom. The molecule has 3 aromatic heterocycles. The van der Waals surface area contributed by atoms with E-state index in [9.17, 15) is 8.42 Å². The summed E-state index contributed by atoms with van der Waals surface area (Å²) in [6, 6.07) is 12.1. The SMILES string of the molecule is NS(=O)(=O)c1cccnc1-c1ccc2ncnc(-c3ccncc3)c2c1. The summed E-state index contributed by atoms with van der Waals surface area (Å²) < 4.78 is 23.8. The summed E-state index contributed by atoms with van der Waals surface area (Å²) in [7, 11) is -3.90. The zero-order valence-electron chi connectivity index (χ0n) is 13.4. The topological polar surface area (TPSA) is 112 Å². The fourth-order valence-corrected chi connectivity index (χ4v) is 3.49. The molecular formula is C18H13N5O2S. The van der Waals surface area contributed by atoms with Gasteiger partial charge in [-0.15, -0.1) is 0 Å². The van der Waals surface area contributed by atoms with Gasteiger partial charge < -0.3 is 0 Å². The molecule has 3 heterocycles. The highest BCUT2D eigenvalue weighted by Gasteiger charge is 2.17. The highest BCUT2D eigenvalue weighted by molar-refractivity contribution is 7.89. The van der Waals surface area contributed by atoms with Crippen molar-refractivity contribution in [3.63, 3.8) is 0 Å². The van der Waals surface area contributed by atoms with Crippen LogP contribution in [0.1, 0.15) is 0 Å². The summed E-state index contributed by atoms with van der Waals surface area (Å²) in [4.78, 5) is 16.9. The van der Waals surface area contributed by atoms with Crippen LogP contribution in [0.5, 0.6) is 0 Å². The van der Waals surface area contributed by atoms with Crippen molar-refractivity contribution in [2.75, 3.05) is 0 Å². The lowest BCUT2D eigenvalue weighted by molar-refractivity contribution is 0.597. The summed E-state index contributed by atoms with van der Waals surface area (Å²) in [5.74, 6) is 0. The van der Waals surface area contributed by atoms with Crippen molar-refractivity contribution in [3.8, 4) is 22.5 Å². The molecule has 0 bridgehead atoms. The Hall–Kier alpha value is -3.23. The van der Waals surface area contributed by atoms with Gasteiger partial charge in [-0.25, -0.2) is 23.5 Å². The number of rotatable bonds is 3. The van der Waals surface area contributed by atoms with Crippen LogP contribution in [0.15, 0.2) is 72.3 Å². The molecule has 4 aromatic rings. The minimum absolute atomic E-state index is 0.0262. The molecule has 7 nitrogen and oxygen atoms in total. The second kappa shape index (κ2) is 6.25. The number of aromatic nitrogens is 4. The van der Waals surface area contributed by atoms with Gasteiger partial charge in [0.15, 0.2) is 0 Å². The Morgan fingerprint density at radius 1 is 0.808 bits per heavy atom. The van der Waals surface area contributed by atoms with E-state index in [0.29, 0.717) is 11.3 Å². The normalized spacial score (nSPS) is 11.6. The fourth-order valence-electron chi connectivity index (χ4n) is 2.78. The molecule has 0 unspecified atom stereocenters. The Bertz CT molecular complexity index is 1210. The van der Waals surface area contributed by atoms with E-state index in [1.165, 1.54) is 24.7 Å². The van der Waals surface area contributed by atoms with Gasteiger partial charge in [0.05, 0.1) is 16.9 Å². The van der Waals surface area contributed by atoms with Gasteiger partial charge in [0.2, 0.25) is 10.0 Å². The molecule has 0 saturated heterocycles. The second-order valence-corrected chi connectivity index (χ2v) is 7.12. The van der Waals surface area contributed by atoms with E-state index in [0.717, 1.165) is 22.2 Å². The van der Waals surface area contributed by atoms with Crippen LogP contribution in [-0.2, 0) is 10.0 Å². The number of primary sulfonamides is 1. The van der Waals surface area contributed by atoms with Crippen molar-refractivity contribution < 1.29 is 8.42 Å². The standard InChI is InChI=1S/C18H13N5O2S/c19-26(24,25)16-2-1-7-21-18(16)13-3-4-15-14(10-13)17(23-11-22-15)12-5-8-20-9-6-12/h1-11H,(H2,19,24,25). The van der Waals surface area contributed by atoms with Crippen LogP contribution < -0.4 is 5.14 Å². The first-order valence-electron chi connectivity index (χ1n) is 7.67. The molecule has 0 aliphatic rings. The largest absolute Gasteiger partial charge is 0.265 e. The van der Waals surface area contributed by atoms with Crippen LogP contribution in [-0.4, -0.2) is 28.4 Å². The van der Waals surface area contributed by atoms with Crippen molar-refractivity contribution in [1.82, 2.24) is 19.9 Å². The quantitative estimate of drug-likeness (QED) is 0.598. The molecule has 0 radical (unpaired) electrons. The van der Waals surface area contributed by atoms with Crippen molar-refractivity contribution >= 4 is 20.9 Å². The van der Waals surface area contributed by atoms with E-state index in [2.05, 4.69) is 19.9 Å². The van der Waals surface area contributed by atoms with Gasteiger partial charge >= 0.3 is 0 Å². The van der Waals surface area contributed by atoms with Gasteiger partial charge in [-0.3, -0.25) is 9.97 Å². The highest BCUT2D eigenvalue weighted by Crippen LogP contribution is 2.30. The predicted octanol–water partition coefficient (Wildman–Crippen LogP) is 2.40. The molecule has 0 fully saturated rings. The molecule has 0 saturated carbocycles. The molecule has 0 aliphatic carbocycles. The fraction of sp³-hybridized carbons (Fsp3) is 0. The van der Waals surface area contributed by atoms with Gasteiger partial charge in [-0.1, -0.05) is 6.07 Å². The van der Waals surface area contributed by atoms with Crippen LogP contribution in [0.25, 0.3) is 33.4 Å². The number of hydrogen-bond donors (Lipinski definition) is 1. The third-order valence-corrected chi connectivity index (χ3v) is 4.88. The summed E-state index contributed by atoms with van der Waals surface area (Å²) in [6.07, 6.45) is 6.39. The van der Waals surface area contributed by atoms with Gasteiger partial charge in [-0.2, -0.15) is 0 Å². The first kappa shape index (κ1) is 16.2. The molecule has 0 spiro atoms. The van der Waals surface area contributed by atoms with E-state index in [1.807, 2.05) is 18.2 Å². The predicted molar refractivity (Wildman–Crippen MR) is 97.4 cm³/mol. The maximum Gasteiger partial charge on any atom is 0.240 e. The minimum atomic E-state index is -3.90. The van der Waals surface area contributed by atoms with Crippen molar-refractivity contribution in [2.24, 2.45) is 5.14 Å². The third-order valence-electron chi connectivity index (χ3n) is 3.94. The summed E-state index contributed by atoms with van der Waals surface area (Å²) >= 11 is 0. The average molecular weight is 363 g/mol. The smallest absolute Gasteiger partial charge is 0.240 e. The van der Waals surface area contributed by atoms with Crippen LogP contribution in [0.3, 0.4) is 0 Å². The van der Waals surface area contributed by atoms with E-state index in [-0.39, 0.29) is 4.90 Å². The van der Waals surface area contributed by atoms with Gasteiger partial charge in [-0.05, 0) is 36.4 Å². The molecular weight excluding hydrogens is 350 g/mol. The first-order chi connectivity index (χ1) is 12.5. The highest BCUT2D eigenvalue weighted by atomic mass is 32.2. The van der Waals surface area contributed by atoms with Crippen molar-refractivity contribution in [3.05, 3.63) is 67.4 Å². The number of nitrogens with two attached hydrogens (primary N) is 1. The molecule has 4 rings (SSSR count). The first-order valence-corrected chi connectivity index (χ1v) is 9.22. The van der Waals surface area contributed by atoms with Crippen molar-refractivity contribution in [1.29, 1.82) is 0 Å². The van der Waals surface area contributed by atoms with E-state index in [1.54, 1.807) is 24.5 Å². The number of nitrogens with zero attached hydrogens (tertiary/aromatic N) is 4. The Labute approximate surface area is 149 Å². The summed E-state index contributed by atoms with van der Waals surface area (Å²) in [6.45, 7) is 0. The molecule has 0 atom stereocenters. The Balaban J connectivity index is 1.98. The lowest BCUT2D eigenvalue weighted by atomic mass is 10.0. The van der Waals surface area contributed by atoms with Crippen molar-refractivity contribution in [2.45, 2.75) is 4.90 Å². The second-order valence-electron chi connectivity index (χ2n) is 5.59. The van der Waals surface area contributed by atoms with Gasteiger partial charge in [0.25, 0.3) is 0 Å². The van der Waals surface area contributed by atoms with Crippen LogP contribution >= 0.6 is 0 Å². The van der Waals surface area contributed by atoms with Crippen LogP contribution in [0.4, 0.5) is 0 Å². The molecule has 26 heavy (non-hydrogen) atoms. The minimum Gasteiger partial charge on any atom is -0.265 e. The molecule has 128 valence electrons. The van der Waals surface area contributed by atoms with Crippen LogP contribution in [0.2, 0.25) is 0 Å². The van der Waals surface area contributed by atoms with Gasteiger partial charge in [0.1, 0.15) is 11.2 Å². The zero-order valence-corrected chi connectivity index (χ0v) is 14.3. The Morgan fingerprint density at radius 2 is 1.62 bits per heavy atom. The lowest BCUT2D eigenvalue weighted by Gasteiger charge is -2.09. The maximum absolute atomic E-state index is 11.9. The summed E-state index contributed by atoms with van der Waals surface area (Å²) in [5, 5.41) is 6.11. The van der Waals surface area contributed by atoms with Gasteiger partial charge in [0, 0.05) is 35.1 Å². The number of sulfonamides is 1. The van der Waals surface area contributed by atoms with E-state index in [4.69, 9.17) is 5.14 Å². The third kappa shape index (κ3) is 2.92. The number of fused-ring (bicyclic) bond motifs is 1. The van der Waals surface area contributed by atoms with Crippen LogP contribution in [0, 0.1) is 0 Å². The molecule has 1 aromatic carbocycles. The van der Waals surface area contributed by atoms with E-state index < -0.39 is 10.0 Å². The molecule has 0 aliphatic heterocycles. The molecule has 0 amide bonds. The maximum atomic E-state index is 11.9. The molecule has 2 N–H and O–H groups in total.